The average molecular weight is 269 g/mol. The van der Waals surface area contributed by atoms with Gasteiger partial charge in [-0.05, 0) is 31.0 Å². The Kier molecular flexibility index (Phi) is 2.53. The van der Waals surface area contributed by atoms with Crippen LogP contribution in [0.25, 0.3) is 5.69 Å². The summed E-state index contributed by atoms with van der Waals surface area (Å²) in [6.07, 6.45) is 2.28. The molecule has 1 aliphatic carbocycles. The van der Waals surface area contributed by atoms with Gasteiger partial charge in [0.05, 0.1) is 10.7 Å². The molecule has 1 aromatic heterocycles. The van der Waals surface area contributed by atoms with Gasteiger partial charge in [-0.15, -0.1) is 0 Å². The summed E-state index contributed by atoms with van der Waals surface area (Å²) in [5.74, 6) is 0.502. The highest BCUT2D eigenvalue weighted by Crippen LogP contribution is 2.38. The predicted molar refractivity (Wildman–Crippen MR) is 68.4 cm³/mol. The van der Waals surface area contributed by atoms with Crippen LogP contribution in [0.4, 0.5) is 0 Å². The molecule has 3 rings (SSSR count). The SMILES string of the molecule is O=c1cc(C2CC2)[nH]n1-c1cc(Cl)ccc1Cl. The molecule has 0 radical (unpaired) electrons. The molecule has 88 valence electrons. The molecule has 0 bridgehead atoms. The van der Waals surface area contributed by atoms with Gasteiger partial charge in [-0.1, -0.05) is 23.2 Å². The molecule has 2 aromatic rings. The molecule has 0 aliphatic heterocycles. The standard InChI is InChI=1S/C12H10Cl2N2O/c13-8-3-4-9(14)11(5-8)16-12(17)6-10(15-16)7-1-2-7/h3-7,15H,1-2H2. The van der Waals surface area contributed by atoms with Crippen molar-refractivity contribution in [2.24, 2.45) is 0 Å². The minimum atomic E-state index is -0.101. The fraction of sp³-hybridized carbons (Fsp3) is 0.250. The van der Waals surface area contributed by atoms with Crippen LogP contribution < -0.4 is 5.56 Å². The van der Waals surface area contributed by atoms with Crippen LogP contribution in [0.2, 0.25) is 10.0 Å². The second-order valence-electron chi connectivity index (χ2n) is 4.26. The topological polar surface area (TPSA) is 37.8 Å². The molecule has 1 heterocycles. The van der Waals surface area contributed by atoms with Crippen molar-refractivity contribution < 1.29 is 0 Å². The fourth-order valence-corrected chi connectivity index (χ4v) is 2.22. The molecule has 1 N–H and O–H groups in total. The highest BCUT2D eigenvalue weighted by atomic mass is 35.5. The zero-order valence-electron chi connectivity index (χ0n) is 8.91. The van der Waals surface area contributed by atoms with Crippen molar-refractivity contribution in [3.63, 3.8) is 0 Å². The summed E-state index contributed by atoms with van der Waals surface area (Å²) in [5.41, 5.74) is 1.47. The molecule has 1 aliphatic rings. The summed E-state index contributed by atoms with van der Waals surface area (Å²) in [4.78, 5) is 11.9. The summed E-state index contributed by atoms with van der Waals surface area (Å²) in [7, 11) is 0. The van der Waals surface area contributed by atoms with Crippen LogP contribution in [0, 0.1) is 0 Å². The summed E-state index contributed by atoms with van der Waals surface area (Å²) < 4.78 is 1.45. The first-order valence-corrected chi connectivity index (χ1v) is 6.18. The number of benzene rings is 1. The summed E-state index contributed by atoms with van der Waals surface area (Å²) >= 11 is 12.0. The zero-order chi connectivity index (χ0) is 12.0. The van der Waals surface area contributed by atoms with Crippen molar-refractivity contribution in [3.8, 4) is 5.69 Å². The number of halogens is 2. The third-order valence-electron chi connectivity index (χ3n) is 2.91. The Hall–Kier alpha value is -1.19. The molecule has 3 nitrogen and oxygen atoms in total. The van der Waals surface area contributed by atoms with E-state index < -0.39 is 0 Å². The maximum atomic E-state index is 11.9. The molecule has 0 amide bonds. The lowest BCUT2D eigenvalue weighted by molar-refractivity contribution is 0.816. The van der Waals surface area contributed by atoms with E-state index in [1.165, 1.54) is 4.68 Å². The third-order valence-corrected chi connectivity index (χ3v) is 3.46. The average Bonchev–Trinajstić information content (AvgIpc) is 3.07. The van der Waals surface area contributed by atoms with E-state index in [0.29, 0.717) is 21.7 Å². The van der Waals surface area contributed by atoms with E-state index in [1.54, 1.807) is 24.3 Å². The van der Waals surface area contributed by atoms with Gasteiger partial charge in [0.25, 0.3) is 5.56 Å². The lowest BCUT2D eigenvalue weighted by Crippen LogP contribution is -2.13. The largest absolute Gasteiger partial charge is 0.295 e. The number of aromatic nitrogens is 2. The summed E-state index contributed by atoms with van der Waals surface area (Å²) in [6, 6.07) is 6.69. The number of nitrogens with zero attached hydrogens (tertiary/aromatic N) is 1. The van der Waals surface area contributed by atoms with Gasteiger partial charge in [0.15, 0.2) is 0 Å². The first kappa shape index (κ1) is 10.9. The smallest absolute Gasteiger partial charge is 0.271 e. The van der Waals surface area contributed by atoms with Gasteiger partial charge in [-0.2, -0.15) is 0 Å². The van der Waals surface area contributed by atoms with E-state index in [0.717, 1.165) is 18.5 Å². The molecule has 1 fully saturated rings. The van der Waals surface area contributed by atoms with Crippen molar-refractivity contribution in [1.29, 1.82) is 0 Å². The van der Waals surface area contributed by atoms with E-state index in [-0.39, 0.29) is 5.56 Å². The van der Waals surface area contributed by atoms with Crippen LogP contribution in [0.15, 0.2) is 29.1 Å². The summed E-state index contributed by atoms with van der Waals surface area (Å²) in [6.45, 7) is 0. The van der Waals surface area contributed by atoms with Gasteiger partial charge >= 0.3 is 0 Å². The molecule has 17 heavy (non-hydrogen) atoms. The Balaban J connectivity index is 2.13. The second-order valence-corrected chi connectivity index (χ2v) is 5.10. The fourth-order valence-electron chi connectivity index (χ4n) is 1.85. The molecule has 0 unspecified atom stereocenters. The highest BCUT2D eigenvalue weighted by molar-refractivity contribution is 6.34. The minimum Gasteiger partial charge on any atom is -0.295 e. The van der Waals surface area contributed by atoms with Crippen LogP contribution in [0.5, 0.6) is 0 Å². The van der Waals surface area contributed by atoms with Crippen LogP contribution in [-0.4, -0.2) is 9.78 Å². The van der Waals surface area contributed by atoms with E-state index in [1.807, 2.05) is 0 Å². The molecular formula is C12H10Cl2N2O. The Morgan fingerprint density at radius 3 is 2.71 bits per heavy atom. The quantitative estimate of drug-likeness (QED) is 0.891. The van der Waals surface area contributed by atoms with Gasteiger partial charge < -0.3 is 0 Å². The number of rotatable bonds is 2. The maximum Gasteiger partial charge on any atom is 0.271 e. The van der Waals surface area contributed by atoms with Gasteiger partial charge in [-0.3, -0.25) is 9.89 Å². The van der Waals surface area contributed by atoms with E-state index in [4.69, 9.17) is 23.2 Å². The Morgan fingerprint density at radius 2 is 2.00 bits per heavy atom. The summed E-state index contributed by atoms with van der Waals surface area (Å²) in [5, 5.41) is 4.14. The monoisotopic (exact) mass is 268 g/mol. The van der Waals surface area contributed by atoms with Gasteiger partial charge in [0.2, 0.25) is 0 Å². The van der Waals surface area contributed by atoms with Crippen molar-refractivity contribution >= 4 is 23.2 Å². The first-order valence-electron chi connectivity index (χ1n) is 5.42. The lowest BCUT2D eigenvalue weighted by atomic mass is 10.3. The van der Waals surface area contributed by atoms with Crippen LogP contribution in [0.3, 0.4) is 0 Å². The first-order chi connectivity index (χ1) is 8.15. The van der Waals surface area contributed by atoms with Gasteiger partial charge in [0, 0.05) is 22.7 Å². The highest BCUT2D eigenvalue weighted by Gasteiger charge is 2.26. The molecule has 0 atom stereocenters. The normalized spacial score (nSPS) is 15.2. The van der Waals surface area contributed by atoms with Crippen molar-refractivity contribution in [1.82, 2.24) is 9.78 Å². The number of aromatic amines is 1. The number of hydrogen-bond donors (Lipinski definition) is 1. The lowest BCUT2D eigenvalue weighted by Gasteiger charge is -2.05. The van der Waals surface area contributed by atoms with Crippen molar-refractivity contribution in [2.45, 2.75) is 18.8 Å². The zero-order valence-corrected chi connectivity index (χ0v) is 10.4. The predicted octanol–water partition coefficient (Wildman–Crippen LogP) is 3.35. The Bertz CT molecular complexity index is 626. The number of hydrogen-bond acceptors (Lipinski definition) is 1. The molecule has 1 aromatic carbocycles. The molecule has 1 saturated carbocycles. The third kappa shape index (κ3) is 2.01. The van der Waals surface area contributed by atoms with E-state index >= 15 is 0 Å². The molecule has 0 saturated heterocycles. The van der Waals surface area contributed by atoms with Gasteiger partial charge in [0.1, 0.15) is 0 Å². The van der Waals surface area contributed by atoms with Gasteiger partial charge in [-0.25, -0.2) is 4.68 Å². The number of nitrogens with one attached hydrogen (secondary N) is 1. The maximum absolute atomic E-state index is 11.9. The van der Waals surface area contributed by atoms with Crippen LogP contribution in [0.1, 0.15) is 24.5 Å². The molecular weight excluding hydrogens is 259 g/mol. The minimum absolute atomic E-state index is 0.101. The Labute approximate surface area is 108 Å². The molecule has 5 heteroatoms. The number of H-pyrrole nitrogens is 1. The van der Waals surface area contributed by atoms with Crippen molar-refractivity contribution in [3.05, 3.63) is 50.4 Å². The Morgan fingerprint density at radius 1 is 1.24 bits per heavy atom. The second kappa shape index (κ2) is 3.93. The van der Waals surface area contributed by atoms with Crippen LogP contribution >= 0.6 is 23.2 Å². The van der Waals surface area contributed by atoms with Crippen LogP contribution in [-0.2, 0) is 0 Å². The van der Waals surface area contributed by atoms with E-state index in [2.05, 4.69) is 5.10 Å². The van der Waals surface area contributed by atoms with Crippen molar-refractivity contribution in [2.75, 3.05) is 0 Å². The van der Waals surface area contributed by atoms with E-state index in [9.17, 15) is 4.79 Å². The molecule has 0 spiro atoms.